The van der Waals surface area contributed by atoms with Gasteiger partial charge in [-0.1, -0.05) is 35.9 Å². The number of amides is 2. The normalized spacial score (nSPS) is 14.0. The second-order valence-corrected chi connectivity index (χ2v) is 6.69. The number of para-hydroxylation sites is 3. The van der Waals surface area contributed by atoms with Gasteiger partial charge in [-0.25, -0.2) is 0 Å². The minimum atomic E-state index is -0.187. The van der Waals surface area contributed by atoms with Crippen LogP contribution in [0.3, 0.4) is 0 Å². The van der Waals surface area contributed by atoms with Gasteiger partial charge in [0.2, 0.25) is 5.91 Å². The molecule has 3 rings (SSSR count). The van der Waals surface area contributed by atoms with Gasteiger partial charge >= 0.3 is 0 Å². The van der Waals surface area contributed by atoms with Crippen molar-refractivity contribution in [3.8, 4) is 5.75 Å². The van der Waals surface area contributed by atoms with Crippen LogP contribution in [0.15, 0.2) is 48.5 Å². The molecule has 2 amide bonds. The number of rotatable bonds is 5. The van der Waals surface area contributed by atoms with E-state index in [-0.39, 0.29) is 18.4 Å². The third-order valence-electron chi connectivity index (χ3n) is 4.37. The highest BCUT2D eigenvalue weighted by molar-refractivity contribution is 6.33. The maximum absolute atomic E-state index is 12.5. The molecule has 1 fully saturated rings. The molecule has 1 saturated heterocycles. The molecule has 0 saturated carbocycles. The van der Waals surface area contributed by atoms with Crippen molar-refractivity contribution in [1.82, 2.24) is 4.90 Å². The molecule has 2 aromatic rings. The first-order valence-corrected chi connectivity index (χ1v) is 9.19. The van der Waals surface area contributed by atoms with E-state index in [4.69, 9.17) is 16.3 Å². The lowest BCUT2D eigenvalue weighted by Crippen LogP contribution is -2.50. The van der Waals surface area contributed by atoms with Crippen molar-refractivity contribution < 1.29 is 14.3 Å². The van der Waals surface area contributed by atoms with Gasteiger partial charge in [-0.15, -0.1) is 0 Å². The maximum atomic E-state index is 12.5. The van der Waals surface area contributed by atoms with Crippen molar-refractivity contribution in [3.63, 3.8) is 0 Å². The van der Waals surface area contributed by atoms with Gasteiger partial charge in [0.25, 0.3) is 5.91 Å². The van der Waals surface area contributed by atoms with Crippen molar-refractivity contribution in [2.75, 3.05) is 43.0 Å². The van der Waals surface area contributed by atoms with Crippen LogP contribution in [0.1, 0.15) is 6.92 Å². The van der Waals surface area contributed by atoms with Gasteiger partial charge in [-0.2, -0.15) is 0 Å². The van der Waals surface area contributed by atoms with E-state index in [1.165, 1.54) is 6.92 Å². The molecule has 0 aliphatic carbocycles. The van der Waals surface area contributed by atoms with Crippen LogP contribution in [0, 0.1) is 0 Å². The average molecular weight is 388 g/mol. The monoisotopic (exact) mass is 387 g/mol. The van der Waals surface area contributed by atoms with Crippen LogP contribution in [0.4, 0.5) is 11.4 Å². The largest absolute Gasteiger partial charge is 0.482 e. The summed E-state index contributed by atoms with van der Waals surface area (Å²) in [5.74, 6) is 0.218. The summed E-state index contributed by atoms with van der Waals surface area (Å²) < 4.78 is 5.64. The molecule has 1 aliphatic rings. The predicted octanol–water partition coefficient (Wildman–Crippen LogP) is 3.03. The zero-order valence-corrected chi connectivity index (χ0v) is 15.9. The summed E-state index contributed by atoms with van der Waals surface area (Å²) in [7, 11) is 0. The number of carbonyl (C=O) groups is 2. The van der Waals surface area contributed by atoms with Gasteiger partial charge < -0.3 is 19.9 Å². The maximum Gasteiger partial charge on any atom is 0.260 e. The molecule has 0 bridgehead atoms. The van der Waals surface area contributed by atoms with Crippen LogP contribution in [0.2, 0.25) is 5.02 Å². The van der Waals surface area contributed by atoms with Gasteiger partial charge in [0.05, 0.1) is 16.4 Å². The molecule has 1 heterocycles. The first-order chi connectivity index (χ1) is 13.0. The Hall–Kier alpha value is -2.73. The van der Waals surface area contributed by atoms with Crippen molar-refractivity contribution in [2.45, 2.75) is 6.92 Å². The Morgan fingerprint density at radius 2 is 1.70 bits per heavy atom. The fourth-order valence-corrected chi connectivity index (χ4v) is 3.28. The van der Waals surface area contributed by atoms with Crippen molar-refractivity contribution in [2.24, 2.45) is 0 Å². The SMILES string of the molecule is CC(=O)Nc1ccccc1OCC(=O)N1CCN(c2ccccc2Cl)CC1. The molecule has 7 heteroatoms. The predicted molar refractivity (Wildman–Crippen MR) is 106 cm³/mol. The van der Waals surface area contributed by atoms with Crippen LogP contribution >= 0.6 is 11.6 Å². The number of hydrogen-bond donors (Lipinski definition) is 1. The molecule has 1 aliphatic heterocycles. The number of benzene rings is 2. The Kier molecular flexibility index (Phi) is 6.19. The minimum Gasteiger partial charge on any atom is -0.482 e. The number of carbonyl (C=O) groups excluding carboxylic acids is 2. The summed E-state index contributed by atoms with van der Waals surface area (Å²) in [6, 6.07) is 14.8. The number of ether oxygens (including phenoxy) is 1. The lowest BCUT2D eigenvalue weighted by molar-refractivity contribution is -0.133. The van der Waals surface area contributed by atoms with Crippen LogP contribution in [-0.4, -0.2) is 49.5 Å². The lowest BCUT2D eigenvalue weighted by atomic mass is 10.2. The molecule has 142 valence electrons. The van der Waals surface area contributed by atoms with Crippen LogP contribution in [0.25, 0.3) is 0 Å². The zero-order chi connectivity index (χ0) is 19.2. The summed E-state index contributed by atoms with van der Waals surface area (Å²) in [6.45, 7) is 4.03. The number of nitrogens with zero attached hydrogens (tertiary/aromatic N) is 2. The molecular weight excluding hydrogens is 366 g/mol. The smallest absolute Gasteiger partial charge is 0.260 e. The molecule has 27 heavy (non-hydrogen) atoms. The van der Waals surface area contributed by atoms with Gasteiger partial charge in [-0.3, -0.25) is 9.59 Å². The molecule has 0 spiro atoms. The molecular formula is C20H22ClN3O3. The number of piperazine rings is 1. The Labute approximate surface area is 163 Å². The first kappa shape index (κ1) is 19.0. The molecule has 0 radical (unpaired) electrons. The zero-order valence-electron chi connectivity index (χ0n) is 15.2. The second kappa shape index (κ2) is 8.77. The van der Waals surface area contributed by atoms with E-state index in [0.29, 0.717) is 24.5 Å². The summed E-state index contributed by atoms with van der Waals surface area (Å²) in [6.07, 6.45) is 0. The van der Waals surface area contributed by atoms with E-state index in [9.17, 15) is 9.59 Å². The van der Waals surface area contributed by atoms with Crippen molar-refractivity contribution >= 4 is 34.8 Å². The lowest BCUT2D eigenvalue weighted by Gasteiger charge is -2.36. The number of hydrogen-bond acceptors (Lipinski definition) is 4. The van der Waals surface area contributed by atoms with E-state index in [0.717, 1.165) is 23.8 Å². The number of anilines is 2. The highest BCUT2D eigenvalue weighted by Crippen LogP contribution is 2.26. The first-order valence-electron chi connectivity index (χ1n) is 8.81. The topological polar surface area (TPSA) is 61.9 Å². The van der Waals surface area contributed by atoms with Gasteiger partial charge in [0, 0.05) is 33.1 Å². The highest BCUT2D eigenvalue weighted by Gasteiger charge is 2.22. The second-order valence-electron chi connectivity index (χ2n) is 6.29. The van der Waals surface area contributed by atoms with Crippen molar-refractivity contribution in [1.29, 1.82) is 0 Å². The summed E-state index contributed by atoms with van der Waals surface area (Å²) in [5.41, 5.74) is 1.55. The fraction of sp³-hybridized carbons (Fsp3) is 0.300. The third kappa shape index (κ3) is 4.92. The van der Waals surface area contributed by atoms with Gasteiger partial charge in [0.15, 0.2) is 6.61 Å². The van der Waals surface area contributed by atoms with E-state index in [2.05, 4.69) is 10.2 Å². The van der Waals surface area contributed by atoms with E-state index < -0.39 is 0 Å². The summed E-state index contributed by atoms with van der Waals surface area (Å²) in [5, 5.41) is 3.42. The number of halogens is 1. The average Bonchev–Trinajstić information content (AvgIpc) is 2.67. The molecule has 0 atom stereocenters. The Bertz CT molecular complexity index is 820. The Morgan fingerprint density at radius 3 is 2.41 bits per heavy atom. The van der Waals surface area contributed by atoms with Crippen LogP contribution in [0.5, 0.6) is 5.75 Å². The molecule has 1 N–H and O–H groups in total. The Morgan fingerprint density at radius 1 is 1.04 bits per heavy atom. The Balaban J connectivity index is 1.53. The molecule has 0 unspecified atom stereocenters. The number of nitrogens with one attached hydrogen (secondary N) is 1. The van der Waals surface area contributed by atoms with Crippen LogP contribution < -0.4 is 15.0 Å². The van der Waals surface area contributed by atoms with E-state index >= 15 is 0 Å². The van der Waals surface area contributed by atoms with E-state index in [1.807, 2.05) is 24.3 Å². The summed E-state index contributed by atoms with van der Waals surface area (Å²) in [4.78, 5) is 27.7. The van der Waals surface area contributed by atoms with Gasteiger partial charge in [0.1, 0.15) is 5.75 Å². The highest BCUT2D eigenvalue weighted by atomic mass is 35.5. The van der Waals surface area contributed by atoms with Crippen LogP contribution in [-0.2, 0) is 9.59 Å². The minimum absolute atomic E-state index is 0.0668. The third-order valence-corrected chi connectivity index (χ3v) is 4.69. The summed E-state index contributed by atoms with van der Waals surface area (Å²) >= 11 is 6.25. The standard InChI is InChI=1S/C20H22ClN3O3/c1-15(25)22-17-7-3-5-9-19(17)27-14-20(26)24-12-10-23(11-13-24)18-8-4-2-6-16(18)21/h2-9H,10-14H2,1H3,(H,22,25). The van der Waals surface area contributed by atoms with Gasteiger partial charge in [-0.05, 0) is 24.3 Å². The molecule has 0 aromatic heterocycles. The molecule has 2 aromatic carbocycles. The van der Waals surface area contributed by atoms with Crippen molar-refractivity contribution in [3.05, 3.63) is 53.6 Å². The molecule has 6 nitrogen and oxygen atoms in total. The van der Waals surface area contributed by atoms with E-state index in [1.54, 1.807) is 29.2 Å². The quantitative estimate of drug-likeness (QED) is 0.856. The fourth-order valence-electron chi connectivity index (χ4n) is 3.02.